The Hall–Kier alpha value is -2.96. The van der Waals surface area contributed by atoms with Crippen LogP contribution in [0.3, 0.4) is 0 Å². The molecule has 1 saturated heterocycles. The molecule has 0 radical (unpaired) electrons. The number of nitrogens with zero attached hydrogens (tertiary/aromatic N) is 7. The third-order valence-corrected chi connectivity index (χ3v) is 5.00. The Kier molecular flexibility index (Phi) is 5.00. The highest BCUT2D eigenvalue weighted by Gasteiger charge is 2.26. The Labute approximate surface area is 159 Å². The van der Waals surface area contributed by atoms with E-state index in [0.717, 1.165) is 49.9 Å². The van der Waals surface area contributed by atoms with Gasteiger partial charge in [-0.15, -0.1) is 0 Å². The molecule has 4 heterocycles. The number of anilines is 2. The van der Waals surface area contributed by atoms with Crippen molar-refractivity contribution in [1.29, 1.82) is 0 Å². The molecule has 3 aromatic heterocycles. The zero-order valence-corrected chi connectivity index (χ0v) is 15.9. The maximum atomic E-state index is 4.76. The molecule has 4 rings (SSSR count). The molecule has 0 aliphatic carbocycles. The minimum atomic E-state index is 0.384. The van der Waals surface area contributed by atoms with Crippen LogP contribution in [0, 0.1) is 0 Å². The third-order valence-electron chi connectivity index (χ3n) is 5.00. The summed E-state index contributed by atoms with van der Waals surface area (Å²) >= 11 is 0. The van der Waals surface area contributed by atoms with E-state index in [0.29, 0.717) is 5.92 Å². The van der Waals surface area contributed by atoms with E-state index >= 15 is 0 Å². The second-order valence-electron chi connectivity index (χ2n) is 7.19. The molecule has 0 aromatic carbocycles. The largest absolute Gasteiger partial charge is 0.361 e. The van der Waals surface area contributed by atoms with Crippen LogP contribution in [0.2, 0.25) is 0 Å². The Morgan fingerprint density at radius 1 is 1.15 bits per heavy atom. The van der Waals surface area contributed by atoms with Crippen molar-refractivity contribution in [2.45, 2.75) is 25.3 Å². The first-order valence-electron chi connectivity index (χ1n) is 9.35. The van der Waals surface area contributed by atoms with E-state index in [1.165, 1.54) is 5.56 Å². The molecule has 0 amide bonds. The van der Waals surface area contributed by atoms with Gasteiger partial charge in [0, 0.05) is 57.9 Å². The second kappa shape index (κ2) is 7.73. The Bertz CT molecular complexity index is 875. The summed E-state index contributed by atoms with van der Waals surface area (Å²) in [5.74, 6) is 3.35. The Morgan fingerprint density at radius 2 is 2.07 bits per heavy atom. The fourth-order valence-electron chi connectivity index (χ4n) is 3.61. The van der Waals surface area contributed by atoms with Gasteiger partial charge in [-0.05, 0) is 24.5 Å². The van der Waals surface area contributed by atoms with Crippen LogP contribution in [0.25, 0.3) is 0 Å². The number of pyridine rings is 1. The van der Waals surface area contributed by atoms with E-state index in [9.17, 15) is 0 Å². The number of aromatic nitrogens is 5. The summed E-state index contributed by atoms with van der Waals surface area (Å²) in [6, 6.07) is 4.08. The molecule has 1 atom stereocenters. The van der Waals surface area contributed by atoms with Crippen molar-refractivity contribution >= 4 is 11.6 Å². The normalized spacial score (nSPS) is 17.1. The van der Waals surface area contributed by atoms with Gasteiger partial charge < -0.3 is 14.4 Å². The molecule has 1 fully saturated rings. The van der Waals surface area contributed by atoms with Crippen LogP contribution in [-0.4, -0.2) is 51.7 Å². The highest BCUT2D eigenvalue weighted by Crippen LogP contribution is 2.29. The smallest absolute Gasteiger partial charge is 0.149 e. The molecule has 0 spiro atoms. The molecular weight excluding hydrogens is 338 g/mol. The van der Waals surface area contributed by atoms with Gasteiger partial charge in [0.05, 0.1) is 18.9 Å². The average molecular weight is 363 g/mol. The van der Waals surface area contributed by atoms with Gasteiger partial charge in [-0.1, -0.05) is 6.07 Å². The van der Waals surface area contributed by atoms with Gasteiger partial charge in [0.15, 0.2) is 0 Å². The monoisotopic (exact) mass is 363 g/mol. The second-order valence-corrected chi connectivity index (χ2v) is 7.19. The number of imidazole rings is 1. The molecule has 1 aliphatic rings. The molecule has 3 aromatic rings. The maximum Gasteiger partial charge on any atom is 0.149 e. The van der Waals surface area contributed by atoms with Crippen molar-refractivity contribution in [3.05, 3.63) is 60.7 Å². The SMILES string of the molecule is CN(C)c1cncc(N2CCC[C@@H](c3nccn3Cc3cccnc3)C2)n1. The van der Waals surface area contributed by atoms with Crippen molar-refractivity contribution < 1.29 is 0 Å². The average Bonchev–Trinajstić information content (AvgIpc) is 3.17. The van der Waals surface area contributed by atoms with Crippen molar-refractivity contribution in [3.8, 4) is 0 Å². The highest BCUT2D eigenvalue weighted by atomic mass is 15.2. The van der Waals surface area contributed by atoms with Crippen LogP contribution in [0.4, 0.5) is 11.6 Å². The number of hydrogen-bond donors (Lipinski definition) is 0. The minimum absolute atomic E-state index is 0.384. The minimum Gasteiger partial charge on any atom is -0.361 e. The van der Waals surface area contributed by atoms with E-state index in [1.807, 2.05) is 43.7 Å². The molecule has 140 valence electrons. The Balaban J connectivity index is 1.52. The van der Waals surface area contributed by atoms with Crippen LogP contribution < -0.4 is 9.80 Å². The van der Waals surface area contributed by atoms with Crippen molar-refractivity contribution in [3.63, 3.8) is 0 Å². The van der Waals surface area contributed by atoms with Gasteiger partial charge in [-0.3, -0.25) is 9.97 Å². The lowest BCUT2D eigenvalue weighted by molar-refractivity contribution is 0.473. The number of rotatable bonds is 5. The molecule has 0 bridgehead atoms. The first kappa shape index (κ1) is 17.5. The van der Waals surface area contributed by atoms with Crippen LogP contribution >= 0.6 is 0 Å². The van der Waals surface area contributed by atoms with Crippen LogP contribution in [0.5, 0.6) is 0 Å². The van der Waals surface area contributed by atoms with Gasteiger partial charge in [-0.2, -0.15) is 0 Å². The lowest BCUT2D eigenvalue weighted by Crippen LogP contribution is -2.36. The van der Waals surface area contributed by atoms with Crippen molar-refractivity contribution in [2.24, 2.45) is 0 Å². The molecule has 1 aliphatic heterocycles. The topological polar surface area (TPSA) is 63.0 Å². The summed E-state index contributed by atoms with van der Waals surface area (Å²) in [4.78, 5) is 22.3. The molecule has 7 nitrogen and oxygen atoms in total. The van der Waals surface area contributed by atoms with Gasteiger partial charge >= 0.3 is 0 Å². The fraction of sp³-hybridized carbons (Fsp3) is 0.400. The lowest BCUT2D eigenvalue weighted by Gasteiger charge is -2.33. The van der Waals surface area contributed by atoms with E-state index in [-0.39, 0.29) is 0 Å². The van der Waals surface area contributed by atoms with Gasteiger partial charge in [-0.25, -0.2) is 9.97 Å². The summed E-state index contributed by atoms with van der Waals surface area (Å²) < 4.78 is 2.24. The molecule has 27 heavy (non-hydrogen) atoms. The summed E-state index contributed by atoms with van der Waals surface area (Å²) in [5.41, 5.74) is 1.19. The standard InChI is InChI=1S/C20H25N7/c1-25(2)18-12-22-13-19(24-18)26-9-4-6-17(15-26)20-23-8-10-27(20)14-16-5-3-7-21-11-16/h3,5,7-8,10-13,17H,4,6,9,14-15H2,1-2H3/t17-/m1/s1. The quantitative estimate of drug-likeness (QED) is 0.694. The van der Waals surface area contributed by atoms with E-state index in [2.05, 4.69) is 36.7 Å². The van der Waals surface area contributed by atoms with Gasteiger partial charge in [0.1, 0.15) is 17.5 Å². The van der Waals surface area contributed by atoms with Gasteiger partial charge in [0.2, 0.25) is 0 Å². The van der Waals surface area contributed by atoms with Crippen molar-refractivity contribution in [1.82, 2.24) is 24.5 Å². The predicted octanol–water partition coefficient (Wildman–Crippen LogP) is 2.57. The zero-order chi connectivity index (χ0) is 18.6. The first-order chi connectivity index (χ1) is 13.2. The van der Waals surface area contributed by atoms with E-state index < -0.39 is 0 Å². The van der Waals surface area contributed by atoms with Crippen LogP contribution in [0.1, 0.15) is 30.1 Å². The molecule has 0 unspecified atom stereocenters. The third kappa shape index (κ3) is 3.92. The predicted molar refractivity (Wildman–Crippen MR) is 106 cm³/mol. The zero-order valence-electron chi connectivity index (χ0n) is 15.9. The van der Waals surface area contributed by atoms with Crippen LogP contribution in [-0.2, 0) is 6.54 Å². The molecule has 7 heteroatoms. The van der Waals surface area contributed by atoms with Crippen LogP contribution in [0.15, 0.2) is 49.3 Å². The van der Waals surface area contributed by atoms with E-state index in [4.69, 9.17) is 4.98 Å². The van der Waals surface area contributed by atoms with E-state index in [1.54, 1.807) is 12.4 Å². The van der Waals surface area contributed by atoms with Crippen molar-refractivity contribution in [2.75, 3.05) is 37.0 Å². The Morgan fingerprint density at radius 3 is 2.89 bits per heavy atom. The summed E-state index contributed by atoms with van der Waals surface area (Å²) in [6.45, 7) is 2.72. The molecule has 0 saturated carbocycles. The number of piperidine rings is 1. The summed E-state index contributed by atoms with van der Waals surface area (Å²) in [6.07, 6.45) is 13.6. The summed E-state index contributed by atoms with van der Waals surface area (Å²) in [7, 11) is 3.98. The maximum absolute atomic E-state index is 4.76. The first-order valence-corrected chi connectivity index (χ1v) is 9.35. The lowest BCUT2D eigenvalue weighted by atomic mass is 9.97. The molecular formula is C20H25N7. The summed E-state index contributed by atoms with van der Waals surface area (Å²) in [5, 5.41) is 0. The molecule has 0 N–H and O–H groups in total. The number of hydrogen-bond acceptors (Lipinski definition) is 6. The highest BCUT2D eigenvalue weighted by molar-refractivity contribution is 5.45. The van der Waals surface area contributed by atoms with Gasteiger partial charge in [0.25, 0.3) is 0 Å². The fourth-order valence-corrected chi connectivity index (χ4v) is 3.61.